The Hall–Kier alpha value is -1.63. The van der Waals surface area contributed by atoms with E-state index in [2.05, 4.69) is 30.1 Å². The van der Waals surface area contributed by atoms with Crippen molar-refractivity contribution in [2.75, 3.05) is 11.9 Å². The van der Waals surface area contributed by atoms with Crippen molar-refractivity contribution in [2.45, 2.75) is 33.7 Å². The van der Waals surface area contributed by atoms with E-state index in [1.165, 1.54) is 0 Å². The van der Waals surface area contributed by atoms with E-state index in [9.17, 15) is 0 Å². The summed E-state index contributed by atoms with van der Waals surface area (Å²) in [5.74, 6) is 0.663. The Kier molecular flexibility index (Phi) is 3.25. The largest absolute Gasteiger partial charge is 0.355 e. The molecule has 0 fully saturated rings. The van der Waals surface area contributed by atoms with Gasteiger partial charge in [-0.3, -0.25) is 0 Å². The fraction of sp³-hybridized carbons (Fsp3) is 0.545. The van der Waals surface area contributed by atoms with Gasteiger partial charge in [-0.2, -0.15) is 10.4 Å². The molecule has 0 spiro atoms. The van der Waals surface area contributed by atoms with Gasteiger partial charge in [-0.1, -0.05) is 0 Å². The molecule has 0 unspecified atom stereocenters. The smallest absolute Gasteiger partial charge is 0.169 e. The van der Waals surface area contributed by atoms with Crippen LogP contribution in [0.4, 0.5) is 5.82 Å². The summed E-state index contributed by atoms with van der Waals surface area (Å²) in [7, 11) is 1.92. The van der Waals surface area contributed by atoms with Gasteiger partial charge in [0.15, 0.2) is 5.82 Å². The summed E-state index contributed by atoms with van der Waals surface area (Å²) in [5, 5.41) is 17.2. The topological polar surface area (TPSA) is 52.8 Å². The monoisotopic (exact) mass is 204 g/mol. The number of nitrogens with zero attached hydrogens (tertiary/aromatic N) is 4. The lowest BCUT2D eigenvalue weighted by Crippen LogP contribution is -2.28. The average molecular weight is 204 g/mol. The normalized spacial score (nSPS) is 10.2. The highest BCUT2D eigenvalue weighted by Crippen LogP contribution is 2.21. The van der Waals surface area contributed by atoms with Crippen molar-refractivity contribution in [3.8, 4) is 6.07 Å². The third-order valence-electron chi connectivity index (χ3n) is 2.66. The predicted molar refractivity (Wildman–Crippen MR) is 59.8 cm³/mol. The molecule has 4 nitrogen and oxygen atoms in total. The fourth-order valence-corrected chi connectivity index (χ4v) is 1.22. The van der Waals surface area contributed by atoms with Gasteiger partial charge in [-0.15, -0.1) is 5.10 Å². The molecule has 1 aromatic heterocycles. The number of nitriles is 1. The molecule has 0 amide bonds. The summed E-state index contributed by atoms with van der Waals surface area (Å²) >= 11 is 0. The number of hydrogen-bond acceptors (Lipinski definition) is 4. The van der Waals surface area contributed by atoms with Gasteiger partial charge in [0.25, 0.3) is 0 Å². The molecular weight excluding hydrogens is 188 g/mol. The minimum atomic E-state index is 0.300. The number of rotatable bonds is 2. The highest BCUT2D eigenvalue weighted by molar-refractivity contribution is 5.57. The first-order valence-electron chi connectivity index (χ1n) is 4.95. The van der Waals surface area contributed by atoms with Crippen molar-refractivity contribution < 1.29 is 0 Å². The highest BCUT2D eigenvalue weighted by Gasteiger charge is 2.15. The van der Waals surface area contributed by atoms with Gasteiger partial charge >= 0.3 is 0 Å². The predicted octanol–water partition coefficient (Wildman–Crippen LogP) is 1.81. The Bertz CT molecular complexity index is 404. The van der Waals surface area contributed by atoms with Crippen molar-refractivity contribution in [3.05, 3.63) is 16.8 Å². The molecule has 0 atom stereocenters. The highest BCUT2D eigenvalue weighted by atomic mass is 15.3. The van der Waals surface area contributed by atoms with Crippen LogP contribution >= 0.6 is 0 Å². The Balaban J connectivity index is 3.32. The van der Waals surface area contributed by atoms with Crippen molar-refractivity contribution in [3.63, 3.8) is 0 Å². The van der Waals surface area contributed by atoms with Gasteiger partial charge in [0.1, 0.15) is 11.6 Å². The van der Waals surface area contributed by atoms with Crippen molar-refractivity contribution >= 4 is 5.82 Å². The molecule has 0 aliphatic carbocycles. The van der Waals surface area contributed by atoms with Crippen LogP contribution in [0, 0.1) is 25.2 Å². The molecule has 4 heteroatoms. The molecule has 15 heavy (non-hydrogen) atoms. The zero-order valence-electron chi connectivity index (χ0n) is 9.87. The van der Waals surface area contributed by atoms with Crippen molar-refractivity contribution in [1.82, 2.24) is 10.2 Å². The minimum Gasteiger partial charge on any atom is -0.355 e. The molecule has 1 rings (SSSR count). The maximum Gasteiger partial charge on any atom is 0.169 e. The number of anilines is 1. The van der Waals surface area contributed by atoms with Gasteiger partial charge < -0.3 is 4.90 Å². The van der Waals surface area contributed by atoms with Gasteiger partial charge in [-0.25, -0.2) is 0 Å². The lowest BCUT2D eigenvalue weighted by Gasteiger charge is -2.23. The number of hydrogen-bond donors (Lipinski definition) is 0. The first kappa shape index (κ1) is 11.4. The van der Waals surface area contributed by atoms with Crippen LogP contribution in [0.5, 0.6) is 0 Å². The van der Waals surface area contributed by atoms with Crippen molar-refractivity contribution in [2.24, 2.45) is 0 Å². The van der Waals surface area contributed by atoms with Gasteiger partial charge in [0, 0.05) is 13.1 Å². The molecule has 0 saturated carbocycles. The maximum absolute atomic E-state index is 9.11. The van der Waals surface area contributed by atoms with E-state index in [-0.39, 0.29) is 0 Å². The molecule has 0 radical (unpaired) electrons. The molecule has 0 aliphatic heterocycles. The Morgan fingerprint density at radius 2 is 1.87 bits per heavy atom. The summed E-state index contributed by atoms with van der Waals surface area (Å²) in [5.41, 5.74) is 2.35. The van der Waals surface area contributed by atoms with E-state index >= 15 is 0 Å². The zero-order valence-corrected chi connectivity index (χ0v) is 9.87. The first-order chi connectivity index (χ1) is 6.99. The zero-order chi connectivity index (χ0) is 11.6. The van der Waals surface area contributed by atoms with E-state index in [1.807, 2.05) is 25.8 Å². The van der Waals surface area contributed by atoms with E-state index in [4.69, 9.17) is 5.26 Å². The lowest BCUT2D eigenvalue weighted by molar-refractivity contribution is 0.729. The quantitative estimate of drug-likeness (QED) is 0.737. The molecular formula is C11H16N4. The third kappa shape index (κ3) is 2.07. The molecule has 0 aliphatic rings. The third-order valence-corrected chi connectivity index (χ3v) is 2.66. The van der Waals surface area contributed by atoms with E-state index in [0.29, 0.717) is 17.4 Å². The molecule has 0 saturated heterocycles. The van der Waals surface area contributed by atoms with Crippen LogP contribution in [-0.2, 0) is 0 Å². The summed E-state index contributed by atoms with van der Waals surface area (Å²) < 4.78 is 0. The van der Waals surface area contributed by atoms with Crippen LogP contribution in [0.1, 0.15) is 30.7 Å². The lowest BCUT2D eigenvalue weighted by atomic mass is 10.1. The second kappa shape index (κ2) is 4.26. The Morgan fingerprint density at radius 3 is 2.33 bits per heavy atom. The maximum atomic E-state index is 9.11. The summed E-state index contributed by atoms with van der Waals surface area (Å²) in [6, 6.07) is 2.50. The molecule has 1 heterocycles. The SMILES string of the molecule is Cc1nnc(N(C)C(C)C)c(C#N)c1C. The summed E-state index contributed by atoms with van der Waals surface area (Å²) in [4.78, 5) is 1.96. The summed E-state index contributed by atoms with van der Waals surface area (Å²) in [6.45, 7) is 7.87. The number of aryl methyl sites for hydroxylation is 1. The van der Waals surface area contributed by atoms with E-state index < -0.39 is 0 Å². The van der Waals surface area contributed by atoms with E-state index in [0.717, 1.165) is 11.3 Å². The molecule has 1 aromatic rings. The molecule has 0 bridgehead atoms. The Morgan fingerprint density at radius 1 is 1.27 bits per heavy atom. The van der Waals surface area contributed by atoms with Gasteiger partial charge in [0.05, 0.1) is 5.69 Å². The van der Waals surface area contributed by atoms with Crippen LogP contribution in [0.2, 0.25) is 0 Å². The standard InChI is InChI=1S/C11H16N4/c1-7(2)15(5)11-10(6-12)8(3)9(4)13-14-11/h7H,1-5H3. The average Bonchev–Trinajstić information content (AvgIpc) is 2.20. The van der Waals surface area contributed by atoms with Crippen LogP contribution in [0.15, 0.2) is 0 Å². The van der Waals surface area contributed by atoms with Gasteiger partial charge in [-0.05, 0) is 33.3 Å². The van der Waals surface area contributed by atoms with Gasteiger partial charge in [0.2, 0.25) is 0 Å². The second-order valence-corrected chi connectivity index (χ2v) is 3.93. The van der Waals surface area contributed by atoms with Crippen LogP contribution < -0.4 is 4.90 Å². The van der Waals surface area contributed by atoms with E-state index in [1.54, 1.807) is 0 Å². The fourth-order valence-electron chi connectivity index (χ4n) is 1.22. The summed E-state index contributed by atoms with van der Waals surface area (Å²) in [6.07, 6.45) is 0. The van der Waals surface area contributed by atoms with Crippen LogP contribution in [-0.4, -0.2) is 23.3 Å². The molecule has 0 aromatic carbocycles. The number of aromatic nitrogens is 2. The first-order valence-corrected chi connectivity index (χ1v) is 4.95. The van der Waals surface area contributed by atoms with Crippen LogP contribution in [0.25, 0.3) is 0 Å². The molecule has 80 valence electrons. The second-order valence-electron chi connectivity index (χ2n) is 3.93. The minimum absolute atomic E-state index is 0.300. The Labute approximate surface area is 90.5 Å². The molecule has 0 N–H and O–H groups in total. The van der Waals surface area contributed by atoms with Crippen molar-refractivity contribution in [1.29, 1.82) is 5.26 Å². The van der Waals surface area contributed by atoms with Crippen LogP contribution in [0.3, 0.4) is 0 Å².